The van der Waals surface area contributed by atoms with Crippen molar-refractivity contribution in [2.45, 2.75) is 18.3 Å². The smallest absolute Gasteiger partial charge is 0.271 e. The molecule has 0 aromatic heterocycles. The van der Waals surface area contributed by atoms with Gasteiger partial charge in [0.25, 0.3) is 5.91 Å². The zero-order valence-electron chi connectivity index (χ0n) is 21.5. The molecule has 3 amide bonds. The van der Waals surface area contributed by atoms with Crippen molar-refractivity contribution in [1.82, 2.24) is 5.43 Å². The summed E-state index contributed by atoms with van der Waals surface area (Å²) in [5.41, 5.74) is 7.05. The minimum absolute atomic E-state index is 0.322. The van der Waals surface area contributed by atoms with E-state index in [9.17, 15) is 18.8 Å². The van der Waals surface area contributed by atoms with Crippen molar-refractivity contribution in [2.24, 2.45) is 16.9 Å². The van der Waals surface area contributed by atoms with Crippen LogP contribution in [-0.2, 0) is 15.0 Å². The number of rotatable bonds is 4. The maximum Gasteiger partial charge on any atom is 0.271 e. The molecule has 6 nitrogen and oxygen atoms in total. The Morgan fingerprint density at radius 1 is 0.850 bits per heavy atom. The molecule has 3 aliphatic carbocycles. The summed E-state index contributed by atoms with van der Waals surface area (Å²) >= 11 is 0. The fourth-order valence-corrected chi connectivity index (χ4v) is 6.86. The maximum atomic E-state index is 14.3. The van der Waals surface area contributed by atoms with Crippen LogP contribution in [0.2, 0.25) is 0 Å². The summed E-state index contributed by atoms with van der Waals surface area (Å²) in [4.78, 5) is 42.4. The number of carbonyl (C=O) groups is 3. The zero-order valence-corrected chi connectivity index (χ0v) is 21.5. The molecule has 1 fully saturated rings. The molecule has 0 spiro atoms. The predicted octanol–water partition coefficient (Wildman–Crippen LogP) is 5.10. The number of hydrogen-bond acceptors (Lipinski definition) is 4. The highest BCUT2D eigenvalue weighted by atomic mass is 19.1. The standard InChI is InChI=1S/C33H24FN3O3/c1-19-10-12-20(13-11-19)30(38)36-35-18-33-25-8-4-2-6-23(25)27(24-7-3-5-9-26(24)33)28-29(33)32(40)37(31(28)39)22-16-14-21(34)15-17-22/h2-18,27-29H,1H3,(H,36,38)/b35-18+/t27?,28-,29+,33?/m1/s1. The van der Waals surface area contributed by atoms with Gasteiger partial charge >= 0.3 is 0 Å². The fourth-order valence-electron chi connectivity index (χ4n) is 6.86. The lowest BCUT2D eigenvalue weighted by atomic mass is 9.47. The number of hydrazone groups is 1. The minimum Gasteiger partial charge on any atom is -0.274 e. The minimum atomic E-state index is -1.10. The maximum absolute atomic E-state index is 14.3. The third-order valence-corrected chi connectivity index (χ3v) is 8.52. The van der Waals surface area contributed by atoms with Gasteiger partial charge < -0.3 is 0 Å². The predicted molar refractivity (Wildman–Crippen MR) is 149 cm³/mol. The van der Waals surface area contributed by atoms with Gasteiger partial charge in [0.1, 0.15) is 5.82 Å². The van der Waals surface area contributed by atoms with E-state index < -0.39 is 23.1 Å². The highest BCUT2D eigenvalue weighted by molar-refractivity contribution is 6.25. The lowest BCUT2D eigenvalue weighted by Crippen LogP contribution is -2.54. The van der Waals surface area contributed by atoms with E-state index in [2.05, 4.69) is 10.5 Å². The molecule has 4 aliphatic rings. The normalized spacial score (nSPS) is 24.1. The molecular weight excluding hydrogens is 505 g/mol. The van der Waals surface area contributed by atoms with Gasteiger partial charge in [0, 0.05) is 17.7 Å². The SMILES string of the molecule is Cc1ccc(C(=O)N/N=C/C23c4ccccc4C(c4ccccc42)[C@H]2C(=O)N(c4ccc(F)cc4)C(=O)[C@H]23)cc1. The van der Waals surface area contributed by atoms with Crippen molar-refractivity contribution in [3.05, 3.63) is 136 Å². The highest BCUT2D eigenvalue weighted by Crippen LogP contribution is 2.63. The summed E-state index contributed by atoms with van der Waals surface area (Å²) in [6, 6.07) is 28.2. The number of nitrogens with zero attached hydrogens (tertiary/aromatic N) is 2. The average molecular weight is 530 g/mol. The van der Waals surface area contributed by atoms with Crippen LogP contribution in [0.25, 0.3) is 0 Å². The molecule has 2 atom stereocenters. The number of halogens is 1. The number of carbonyl (C=O) groups excluding carboxylic acids is 3. The van der Waals surface area contributed by atoms with Crippen molar-refractivity contribution in [2.75, 3.05) is 4.90 Å². The average Bonchev–Trinajstić information content (AvgIpc) is 3.24. The van der Waals surface area contributed by atoms with Crippen LogP contribution in [0, 0.1) is 24.6 Å². The number of hydrogen-bond donors (Lipinski definition) is 1. The van der Waals surface area contributed by atoms with Crippen LogP contribution in [-0.4, -0.2) is 23.9 Å². The van der Waals surface area contributed by atoms with Crippen molar-refractivity contribution in [3.63, 3.8) is 0 Å². The topological polar surface area (TPSA) is 78.8 Å². The second-order valence-electron chi connectivity index (χ2n) is 10.6. The first-order valence-electron chi connectivity index (χ1n) is 13.2. The van der Waals surface area contributed by atoms with Crippen LogP contribution in [0.4, 0.5) is 10.1 Å². The van der Waals surface area contributed by atoms with Gasteiger partial charge in [0.15, 0.2) is 0 Å². The van der Waals surface area contributed by atoms with E-state index >= 15 is 0 Å². The molecule has 2 bridgehead atoms. The van der Waals surface area contributed by atoms with Crippen LogP contribution in [0.1, 0.15) is 44.1 Å². The number of benzene rings is 4. The number of aryl methyl sites for hydroxylation is 1. The van der Waals surface area contributed by atoms with E-state index in [1.807, 2.05) is 67.6 Å². The van der Waals surface area contributed by atoms with Crippen LogP contribution in [0.3, 0.4) is 0 Å². The van der Waals surface area contributed by atoms with Gasteiger partial charge in [-0.25, -0.2) is 14.7 Å². The van der Waals surface area contributed by atoms with E-state index in [0.717, 1.165) is 27.8 Å². The van der Waals surface area contributed by atoms with Gasteiger partial charge in [-0.2, -0.15) is 5.10 Å². The summed E-state index contributed by atoms with van der Waals surface area (Å²) < 4.78 is 13.7. The summed E-state index contributed by atoms with van der Waals surface area (Å²) in [6.45, 7) is 1.94. The molecule has 40 heavy (non-hydrogen) atoms. The molecule has 0 saturated carbocycles. The number of amides is 3. The molecule has 0 unspecified atom stereocenters. The van der Waals surface area contributed by atoms with Crippen LogP contribution in [0.15, 0.2) is 102 Å². The van der Waals surface area contributed by atoms with Crippen molar-refractivity contribution in [3.8, 4) is 0 Å². The Bertz CT molecular complexity index is 1680. The molecule has 4 aromatic rings. The first-order chi connectivity index (χ1) is 19.4. The molecule has 196 valence electrons. The van der Waals surface area contributed by atoms with Gasteiger partial charge in [0.2, 0.25) is 11.8 Å². The van der Waals surface area contributed by atoms with Crippen molar-refractivity contribution < 1.29 is 18.8 Å². The number of nitrogens with one attached hydrogen (secondary N) is 1. The summed E-state index contributed by atoms with van der Waals surface area (Å²) in [6.07, 6.45) is 1.63. The van der Waals surface area contributed by atoms with Crippen LogP contribution in [0.5, 0.6) is 0 Å². The Kier molecular flexibility index (Phi) is 5.32. The molecule has 1 N–H and O–H groups in total. The van der Waals surface area contributed by atoms with E-state index in [0.29, 0.717) is 11.3 Å². The molecule has 7 heteroatoms. The van der Waals surface area contributed by atoms with Crippen molar-refractivity contribution in [1.29, 1.82) is 0 Å². The Labute approximate surface area is 230 Å². The molecule has 1 heterocycles. The van der Waals surface area contributed by atoms with Gasteiger partial charge in [-0.05, 0) is 65.6 Å². The zero-order chi connectivity index (χ0) is 27.6. The summed E-state index contributed by atoms with van der Waals surface area (Å²) in [7, 11) is 0. The highest BCUT2D eigenvalue weighted by Gasteiger charge is 2.68. The molecular formula is C33H24FN3O3. The second kappa shape index (κ2) is 8.81. The second-order valence-corrected chi connectivity index (χ2v) is 10.6. The van der Waals surface area contributed by atoms with E-state index in [1.54, 1.807) is 18.3 Å². The summed E-state index contributed by atoms with van der Waals surface area (Å²) in [5.74, 6) is -3.31. The Hall–Kier alpha value is -4.91. The third-order valence-electron chi connectivity index (χ3n) is 8.52. The van der Waals surface area contributed by atoms with Gasteiger partial charge in [-0.3, -0.25) is 14.4 Å². The number of anilines is 1. The monoisotopic (exact) mass is 529 g/mol. The first kappa shape index (κ1) is 24.2. The molecule has 4 aromatic carbocycles. The summed E-state index contributed by atoms with van der Waals surface area (Å²) in [5, 5.41) is 4.43. The molecule has 1 aliphatic heterocycles. The largest absolute Gasteiger partial charge is 0.274 e. The lowest BCUT2D eigenvalue weighted by molar-refractivity contribution is -0.122. The Balaban J connectivity index is 1.39. The van der Waals surface area contributed by atoms with Crippen LogP contribution >= 0.6 is 0 Å². The quantitative estimate of drug-likeness (QED) is 0.227. The van der Waals surface area contributed by atoms with Gasteiger partial charge in [-0.1, -0.05) is 66.2 Å². The Morgan fingerprint density at radius 3 is 2.08 bits per heavy atom. The van der Waals surface area contributed by atoms with Gasteiger partial charge in [-0.15, -0.1) is 0 Å². The van der Waals surface area contributed by atoms with E-state index in [-0.39, 0.29) is 23.6 Å². The Morgan fingerprint density at radius 2 is 1.45 bits per heavy atom. The van der Waals surface area contributed by atoms with E-state index in [1.165, 1.54) is 29.2 Å². The molecule has 0 radical (unpaired) electrons. The first-order valence-corrected chi connectivity index (χ1v) is 13.2. The lowest BCUT2D eigenvalue weighted by Gasteiger charge is -2.52. The third kappa shape index (κ3) is 3.27. The molecule has 1 saturated heterocycles. The van der Waals surface area contributed by atoms with Crippen LogP contribution < -0.4 is 10.3 Å². The van der Waals surface area contributed by atoms with Gasteiger partial charge in [0.05, 0.1) is 22.9 Å². The molecule has 8 rings (SSSR count). The van der Waals surface area contributed by atoms with E-state index in [4.69, 9.17) is 0 Å². The fraction of sp³-hybridized carbons (Fsp3) is 0.152. The number of imide groups is 1. The van der Waals surface area contributed by atoms with Crippen molar-refractivity contribution >= 4 is 29.6 Å².